The molecule has 4 aromatic rings. The lowest BCUT2D eigenvalue weighted by molar-refractivity contribution is 0.732. The highest BCUT2D eigenvalue weighted by Gasteiger charge is 2.47. The molecule has 3 aromatic carbocycles. The lowest BCUT2D eigenvalue weighted by Gasteiger charge is -2.33. The Hall–Kier alpha value is -2.71. The van der Waals surface area contributed by atoms with Gasteiger partial charge in [0.2, 0.25) is 0 Å². The zero-order valence-corrected chi connectivity index (χ0v) is 16.6. The Morgan fingerprint density at radius 1 is 0.741 bits per heavy atom. The van der Waals surface area contributed by atoms with E-state index in [-0.39, 0.29) is 0 Å². The van der Waals surface area contributed by atoms with Gasteiger partial charge in [-0.15, -0.1) is 0 Å². The second kappa shape index (κ2) is 6.17. The Morgan fingerprint density at radius 2 is 1.41 bits per heavy atom. The van der Waals surface area contributed by atoms with E-state index in [1.54, 1.807) is 0 Å². The van der Waals surface area contributed by atoms with Crippen molar-refractivity contribution in [2.75, 3.05) is 0 Å². The Morgan fingerprint density at radius 3 is 2.04 bits per heavy atom. The maximum absolute atomic E-state index is 4.88. The molecule has 0 aliphatic heterocycles. The van der Waals surface area contributed by atoms with Crippen molar-refractivity contribution in [2.45, 2.75) is 12.3 Å². The van der Waals surface area contributed by atoms with Crippen molar-refractivity contribution in [1.82, 2.24) is 4.98 Å². The Labute approximate surface area is 167 Å². The summed E-state index contributed by atoms with van der Waals surface area (Å²) in [6.07, 6.45) is 1.92. The minimum absolute atomic E-state index is 0.414. The zero-order chi connectivity index (χ0) is 18.4. The molecule has 0 saturated heterocycles. The van der Waals surface area contributed by atoms with Gasteiger partial charge in [-0.25, -0.2) is 0 Å². The molecule has 1 heterocycles. The first-order valence-corrected chi connectivity index (χ1v) is 9.89. The number of aryl methyl sites for hydroxylation is 1. The summed E-state index contributed by atoms with van der Waals surface area (Å²) >= 11 is 3.68. The van der Waals surface area contributed by atoms with Crippen LogP contribution in [0.1, 0.15) is 27.9 Å². The van der Waals surface area contributed by atoms with E-state index < -0.39 is 5.41 Å². The van der Waals surface area contributed by atoms with Crippen molar-refractivity contribution in [2.24, 2.45) is 0 Å². The quantitative estimate of drug-likeness (QED) is 0.322. The van der Waals surface area contributed by atoms with Gasteiger partial charge >= 0.3 is 0 Å². The molecule has 1 aromatic heterocycles. The van der Waals surface area contributed by atoms with E-state index in [9.17, 15) is 0 Å². The van der Waals surface area contributed by atoms with Gasteiger partial charge in [0, 0.05) is 10.7 Å². The summed E-state index contributed by atoms with van der Waals surface area (Å²) in [5.74, 6) is 0. The van der Waals surface area contributed by atoms with Gasteiger partial charge in [0.1, 0.15) is 0 Å². The van der Waals surface area contributed by atoms with E-state index >= 15 is 0 Å². The van der Waals surface area contributed by atoms with Crippen LogP contribution < -0.4 is 0 Å². The van der Waals surface area contributed by atoms with E-state index in [0.29, 0.717) is 0 Å². The molecule has 0 fully saturated rings. The summed E-state index contributed by atoms with van der Waals surface area (Å²) in [4.78, 5) is 4.88. The van der Waals surface area contributed by atoms with E-state index in [0.717, 1.165) is 10.2 Å². The topological polar surface area (TPSA) is 12.9 Å². The maximum atomic E-state index is 4.88. The summed E-state index contributed by atoms with van der Waals surface area (Å²) in [5.41, 5.74) is 8.27. The normalized spacial score (nSPS) is 13.9. The maximum Gasteiger partial charge on any atom is 0.0886 e. The standard InChI is InChI=1S/C25H18BrN/c1-17-13-14-27-24(15-17)25(18-7-6-8-19(26)16-18)22-11-4-2-9-20(22)21-10-3-5-12-23(21)25/h2-16H,1H3. The molecule has 130 valence electrons. The molecule has 0 radical (unpaired) electrons. The molecular weight excluding hydrogens is 394 g/mol. The van der Waals surface area contributed by atoms with Crippen LogP contribution in [-0.4, -0.2) is 4.98 Å². The summed E-state index contributed by atoms with van der Waals surface area (Å²) in [5, 5.41) is 0. The third-order valence-corrected chi connectivity index (χ3v) is 6.00. The lowest BCUT2D eigenvalue weighted by atomic mass is 9.69. The van der Waals surface area contributed by atoms with Crippen LogP contribution in [0.2, 0.25) is 0 Å². The summed E-state index contributed by atoms with van der Waals surface area (Å²) < 4.78 is 1.08. The number of aromatic nitrogens is 1. The SMILES string of the molecule is Cc1ccnc(C2(c3cccc(Br)c3)c3ccccc3-c3ccccc32)c1. The number of rotatable bonds is 2. The summed E-state index contributed by atoms with van der Waals surface area (Å²) in [6.45, 7) is 2.13. The minimum Gasteiger partial charge on any atom is -0.260 e. The lowest BCUT2D eigenvalue weighted by Crippen LogP contribution is -2.29. The first-order chi connectivity index (χ1) is 13.2. The van der Waals surface area contributed by atoms with Crippen LogP contribution in [0.15, 0.2) is 95.6 Å². The molecule has 1 nitrogen and oxygen atoms in total. The average Bonchev–Trinajstić information content (AvgIpc) is 3.00. The Kier molecular flexibility index (Phi) is 3.76. The largest absolute Gasteiger partial charge is 0.260 e. The van der Waals surface area contributed by atoms with Crippen molar-refractivity contribution in [3.05, 3.63) is 124 Å². The van der Waals surface area contributed by atoms with E-state index in [1.807, 2.05) is 6.20 Å². The molecular formula is C25H18BrN. The molecule has 5 rings (SSSR count). The van der Waals surface area contributed by atoms with E-state index in [4.69, 9.17) is 4.98 Å². The summed E-state index contributed by atoms with van der Waals surface area (Å²) in [6, 6.07) is 30.4. The van der Waals surface area contributed by atoms with Gasteiger partial charge in [-0.05, 0) is 64.6 Å². The summed E-state index contributed by atoms with van der Waals surface area (Å²) in [7, 11) is 0. The minimum atomic E-state index is -0.414. The van der Waals surface area contributed by atoms with E-state index in [1.165, 1.54) is 33.4 Å². The van der Waals surface area contributed by atoms with Crippen LogP contribution >= 0.6 is 15.9 Å². The fraction of sp³-hybridized carbons (Fsp3) is 0.0800. The monoisotopic (exact) mass is 411 g/mol. The molecule has 0 spiro atoms. The molecule has 0 unspecified atom stereocenters. The number of hydrogen-bond donors (Lipinski definition) is 0. The van der Waals surface area contributed by atoms with Gasteiger partial charge < -0.3 is 0 Å². The van der Waals surface area contributed by atoms with Crippen LogP contribution in [0.3, 0.4) is 0 Å². The highest BCUT2D eigenvalue weighted by molar-refractivity contribution is 9.10. The second-order valence-electron chi connectivity index (χ2n) is 7.07. The van der Waals surface area contributed by atoms with Gasteiger partial charge in [-0.2, -0.15) is 0 Å². The highest BCUT2D eigenvalue weighted by Crippen LogP contribution is 2.55. The first kappa shape index (κ1) is 16.5. The van der Waals surface area contributed by atoms with Crippen molar-refractivity contribution < 1.29 is 0 Å². The third kappa shape index (κ3) is 2.33. The average molecular weight is 412 g/mol. The van der Waals surface area contributed by atoms with Gasteiger partial charge in [0.15, 0.2) is 0 Å². The van der Waals surface area contributed by atoms with Gasteiger partial charge in [-0.1, -0.05) is 76.6 Å². The molecule has 0 saturated carbocycles. The number of fused-ring (bicyclic) bond motifs is 3. The molecule has 0 bridgehead atoms. The number of hydrogen-bond acceptors (Lipinski definition) is 1. The van der Waals surface area contributed by atoms with E-state index in [2.05, 4.69) is 108 Å². The number of benzene rings is 3. The predicted molar refractivity (Wildman–Crippen MR) is 114 cm³/mol. The molecule has 1 aliphatic carbocycles. The van der Waals surface area contributed by atoms with Crippen molar-refractivity contribution in [3.63, 3.8) is 0 Å². The fourth-order valence-corrected chi connectivity index (χ4v) is 4.83. The first-order valence-electron chi connectivity index (χ1n) is 9.10. The third-order valence-electron chi connectivity index (χ3n) is 5.51. The van der Waals surface area contributed by atoms with Crippen LogP contribution in [-0.2, 0) is 5.41 Å². The number of pyridine rings is 1. The Bertz CT molecular complexity index is 1070. The van der Waals surface area contributed by atoms with Crippen LogP contribution in [0.25, 0.3) is 11.1 Å². The fourth-order valence-electron chi connectivity index (χ4n) is 4.43. The molecule has 0 amide bonds. The Balaban J connectivity index is 1.98. The molecule has 2 heteroatoms. The zero-order valence-electron chi connectivity index (χ0n) is 15.0. The van der Waals surface area contributed by atoms with Crippen LogP contribution in [0, 0.1) is 6.92 Å². The van der Waals surface area contributed by atoms with Gasteiger partial charge in [-0.3, -0.25) is 4.98 Å². The van der Waals surface area contributed by atoms with Crippen LogP contribution in [0.4, 0.5) is 0 Å². The second-order valence-corrected chi connectivity index (χ2v) is 7.99. The number of halogens is 1. The highest BCUT2D eigenvalue weighted by atomic mass is 79.9. The van der Waals surface area contributed by atoms with Crippen molar-refractivity contribution in [3.8, 4) is 11.1 Å². The van der Waals surface area contributed by atoms with Gasteiger partial charge in [0.25, 0.3) is 0 Å². The van der Waals surface area contributed by atoms with Crippen molar-refractivity contribution >= 4 is 15.9 Å². The van der Waals surface area contributed by atoms with Crippen LogP contribution in [0.5, 0.6) is 0 Å². The number of nitrogens with zero attached hydrogens (tertiary/aromatic N) is 1. The predicted octanol–water partition coefficient (Wildman–Crippen LogP) is 6.52. The smallest absolute Gasteiger partial charge is 0.0886 e. The van der Waals surface area contributed by atoms with Crippen molar-refractivity contribution in [1.29, 1.82) is 0 Å². The molecule has 27 heavy (non-hydrogen) atoms. The molecule has 0 N–H and O–H groups in total. The molecule has 0 atom stereocenters. The van der Waals surface area contributed by atoms with Gasteiger partial charge in [0.05, 0.1) is 11.1 Å². The molecule has 1 aliphatic rings.